The normalized spacial score (nSPS) is 9.83. The summed E-state index contributed by atoms with van der Waals surface area (Å²) in [6.45, 7) is -0.481. The summed E-state index contributed by atoms with van der Waals surface area (Å²) in [5.41, 5.74) is 0.0920. The van der Waals surface area contributed by atoms with E-state index in [-0.39, 0.29) is 5.56 Å². The van der Waals surface area contributed by atoms with Gasteiger partial charge in [-0.25, -0.2) is 4.39 Å². The first kappa shape index (κ1) is 9.12. The van der Waals surface area contributed by atoms with Crippen LogP contribution in [0.5, 0.6) is 0 Å². The van der Waals surface area contributed by atoms with Gasteiger partial charge in [0.25, 0.3) is 0 Å². The Balaban J connectivity index is 2.97. The monoisotopic (exact) mass is 233 g/mol. The number of halogens is 2. The van der Waals surface area contributed by atoms with Crippen LogP contribution < -0.4 is 0 Å². The van der Waals surface area contributed by atoms with E-state index < -0.39 is 17.3 Å². The van der Waals surface area contributed by atoms with E-state index in [2.05, 4.69) is 15.9 Å². The number of hydrogen-bond donors (Lipinski definition) is 0. The Labute approximate surface area is 76.5 Å². The van der Waals surface area contributed by atoms with E-state index in [1.165, 1.54) is 18.2 Å². The van der Waals surface area contributed by atoms with Crippen molar-refractivity contribution in [1.82, 2.24) is 0 Å². The van der Waals surface area contributed by atoms with Crippen LogP contribution >= 0.6 is 15.9 Å². The van der Waals surface area contributed by atoms with E-state index in [1.54, 1.807) is 0 Å². The highest BCUT2D eigenvalue weighted by Crippen LogP contribution is 2.15. The Morgan fingerprint density at radius 1 is 1.58 bits per heavy atom. The maximum Gasteiger partial charge on any atom is 0.231 e. The molecule has 0 atom stereocenters. The third-order valence-electron chi connectivity index (χ3n) is 1.31. The summed E-state index contributed by atoms with van der Waals surface area (Å²) in [6, 6.07) is 4.10. The van der Waals surface area contributed by atoms with E-state index in [9.17, 15) is 14.5 Å². The minimum Gasteiger partial charge on any atom is -0.264 e. The first-order valence-electron chi connectivity index (χ1n) is 3.15. The van der Waals surface area contributed by atoms with E-state index >= 15 is 0 Å². The van der Waals surface area contributed by atoms with Gasteiger partial charge in [-0.15, -0.1) is 0 Å². The van der Waals surface area contributed by atoms with Gasteiger partial charge in [-0.1, -0.05) is 15.9 Å². The van der Waals surface area contributed by atoms with Gasteiger partial charge in [0.05, 0.1) is 5.56 Å². The molecule has 1 rings (SSSR count). The second kappa shape index (κ2) is 3.62. The molecule has 0 spiro atoms. The maximum absolute atomic E-state index is 12.8. The fourth-order valence-electron chi connectivity index (χ4n) is 0.804. The van der Waals surface area contributed by atoms with Crippen molar-refractivity contribution in [2.75, 3.05) is 0 Å². The molecule has 1 aromatic carbocycles. The van der Waals surface area contributed by atoms with E-state index in [4.69, 9.17) is 0 Å². The summed E-state index contributed by atoms with van der Waals surface area (Å²) in [7, 11) is 0. The maximum atomic E-state index is 12.8. The fraction of sp³-hybridized carbons (Fsp3) is 0.143. The van der Waals surface area contributed by atoms with Crippen molar-refractivity contribution in [3.8, 4) is 0 Å². The average molecular weight is 234 g/mol. The quantitative estimate of drug-likeness (QED) is 0.582. The van der Waals surface area contributed by atoms with Crippen LogP contribution in [0.1, 0.15) is 5.56 Å². The molecule has 0 fully saturated rings. The van der Waals surface area contributed by atoms with Crippen LogP contribution in [0.3, 0.4) is 0 Å². The first-order chi connectivity index (χ1) is 5.59. The molecule has 1 aromatic rings. The Bertz CT molecular complexity index is 316. The second-order valence-corrected chi connectivity index (χ2v) is 3.14. The van der Waals surface area contributed by atoms with Crippen molar-refractivity contribution in [1.29, 1.82) is 0 Å². The number of nitro groups is 1. The molecule has 0 N–H and O–H groups in total. The largest absolute Gasteiger partial charge is 0.264 e. The molecular weight excluding hydrogens is 229 g/mol. The zero-order valence-corrected chi connectivity index (χ0v) is 7.54. The van der Waals surface area contributed by atoms with Crippen LogP contribution in [0, 0.1) is 15.9 Å². The lowest BCUT2D eigenvalue weighted by atomic mass is 10.2. The number of hydrogen-bond acceptors (Lipinski definition) is 2. The highest BCUT2D eigenvalue weighted by Gasteiger charge is 2.07. The Kier molecular flexibility index (Phi) is 2.75. The van der Waals surface area contributed by atoms with Crippen molar-refractivity contribution in [2.45, 2.75) is 6.54 Å². The molecule has 3 nitrogen and oxygen atoms in total. The van der Waals surface area contributed by atoms with Gasteiger partial charge < -0.3 is 0 Å². The van der Waals surface area contributed by atoms with Gasteiger partial charge >= 0.3 is 0 Å². The van der Waals surface area contributed by atoms with Crippen molar-refractivity contribution in [2.24, 2.45) is 0 Å². The zero-order chi connectivity index (χ0) is 9.14. The first-order valence-corrected chi connectivity index (χ1v) is 3.94. The Hall–Kier alpha value is -0.970. The molecule has 0 heterocycles. The summed E-state index contributed by atoms with van der Waals surface area (Å²) < 4.78 is 13.4. The van der Waals surface area contributed by atoms with Gasteiger partial charge in [-0.3, -0.25) is 10.1 Å². The van der Waals surface area contributed by atoms with E-state index in [1.807, 2.05) is 0 Å². The van der Waals surface area contributed by atoms with Crippen molar-refractivity contribution < 1.29 is 9.31 Å². The Morgan fingerprint density at radius 2 is 2.25 bits per heavy atom. The number of rotatable bonds is 2. The molecule has 5 heteroatoms. The Morgan fingerprint density at radius 3 is 2.83 bits per heavy atom. The lowest BCUT2D eigenvalue weighted by Crippen LogP contribution is -2.00. The SMILES string of the molecule is O=[N+]([O-])Cc1cc(Br)ccc1F. The third kappa shape index (κ3) is 2.27. The summed E-state index contributed by atoms with van der Waals surface area (Å²) >= 11 is 3.10. The van der Waals surface area contributed by atoms with Crippen LogP contribution in [0.15, 0.2) is 22.7 Å². The highest BCUT2D eigenvalue weighted by atomic mass is 79.9. The predicted molar refractivity (Wildman–Crippen MR) is 44.8 cm³/mol. The molecule has 12 heavy (non-hydrogen) atoms. The molecule has 0 saturated heterocycles. The third-order valence-corrected chi connectivity index (χ3v) is 1.80. The standard InChI is InChI=1S/C7H5BrFNO2/c8-6-1-2-7(9)5(3-6)4-10(11)12/h1-3H,4H2. The molecule has 0 aliphatic rings. The van der Waals surface area contributed by atoms with Gasteiger partial charge in [0.15, 0.2) is 0 Å². The van der Waals surface area contributed by atoms with Gasteiger partial charge in [0.2, 0.25) is 6.54 Å². The smallest absolute Gasteiger partial charge is 0.231 e. The molecule has 0 aliphatic heterocycles. The summed E-state index contributed by atoms with van der Waals surface area (Å²) in [5, 5.41) is 10.1. The van der Waals surface area contributed by atoms with Gasteiger partial charge in [0, 0.05) is 9.40 Å². The second-order valence-electron chi connectivity index (χ2n) is 2.23. The topological polar surface area (TPSA) is 43.1 Å². The van der Waals surface area contributed by atoms with Crippen LogP contribution in [0.2, 0.25) is 0 Å². The fourth-order valence-corrected chi connectivity index (χ4v) is 1.21. The molecule has 0 saturated carbocycles. The molecule has 0 unspecified atom stereocenters. The highest BCUT2D eigenvalue weighted by molar-refractivity contribution is 9.10. The van der Waals surface area contributed by atoms with Crippen LogP contribution in [-0.2, 0) is 6.54 Å². The van der Waals surface area contributed by atoms with Gasteiger partial charge in [-0.05, 0) is 18.2 Å². The van der Waals surface area contributed by atoms with Crippen molar-refractivity contribution in [3.05, 3.63) is 44.2 Å². The molecule has 0 radical (unpaired) electrons. The lowest BCUT2D eigenvalue weighted by Gasteiger charge is -1.97. The van der Waals surface area contributed by atoms with Crippen molar-refractivity contribution >= 4 is 15.9 Å². The van der Waals surface area contributed by atoms with E-state index in [0.29, 0.717) is 4.47 Å². The molecule has 0 amide bonds. The van der Waals surface area contributed by atoms with Crippen LogP contribution in [0.25, 0.3) is 0 Å². The minimum atomic E-state index is -0.565. The van der Waals surface area contributed by atoms with Crippen LogP contribution in [-0.4, -0.2) is 4.92 Å². The predicted octanol–water partition coefficient (Wildman–Crippen LogP) is 2.36. The number of nitrogens with zero attached hydrogens (tertiary/aromatic N) is 1. The van der Waals surface area contributed by atoms with E-state index in [0.717, 1.165) is 0 Å². The molecule has 0 bridgehead atoms. The number of benzene rings is 1. The summed E-state index contributed by atoms with van der Waals surface area (Å²) in [4.78, 5) is 9.49. The molecule has 0 aromatic heterocycles. The van der Waals surface area contributed by atoms with Crippen molar-refractivity contribution in [3.63, 3.8) is 0 Å². The summed E-state index contributed by atoms with van der Waals surface area (Å²) in [5.74, 6) is -0.546. The summed E-state index contributed by atoms with van der Waals surface area (Å²) in [6.07, 6.45) is 0. The average Bonchev–Trinajstić information content (AvgIpc) is 1.96. The zero-order valence-electron chi connectivity index (χ0n) is 5.96. The lowest BCUT2D eigenvalue weighted by molar-refractivity contribution is -0.497. The molecule has 64 valence electrons. The minimum absolute atomic E-state index is 0.0920. The molecule has 0 aliphatic carbocycles. The van der Waals surface area contributed by atoms with Gasteiger partial charge in [-0.2, -0.15) is 0 Å². The van der Waals surface area contributed by atoms with Gasteiger partial charge in [0.1, 0.15) is 5.82 Å². The molecular formula is C7H5BrFNO2. The van der Waals surface area contributed by atoms with Crippen LogP contribution in [0.4, 0.5) is 4.39 Å².